The predicted molar refractivity (Wildman–Crippen MR) is 46.5 cm³/mol. The lowest BCUT2D eigenvalue weighted by atomic mass is 9.96. The first kappa shape index (κ1) is 9.60. The van der Waals surface area contributed by atoms with Crippen LogP contribution < -0.4 is 5.73 Å². The van der Waals surface area contributed by atoms with Crippen molar-refractivity contribution in [2.24, 2.45) is 5.73 Å². The van der Waals surface area contributed by atoms with Gasteiger partial charge in [-0.3, -0.25) is 0 Å². The lowest BCUT2D eigenvalue weighted by Crippen LogP contribution is -2.33. The number of halogens is 1. The van der Waals surface area contributed by atoms with Gasteiger partial charge in [0.05, 0.1) is 0 Å². The topological polar surface area (TPSA) is 26.0 Å². The van der Waals surface area contributed by atoms with Crippen molar-refractivity contribution in [3.63, 3.8) is 0 Å². The van der Waals surface area contributed by atoms with E-state index in [1.165, 1.54) is 25.7 Å². The Bertz CT molecular complexity index is 69.5. The molecule has 1 nitrogen and oxygen atoms in total. The van der Waals surface area contributed by atoms with E-state index in [2.05, 4.69) is 12.6 Å². The van der Waals surface area contributed by atoms with Gasteiger partial charge in [-0.1, -0.05) is 12.8 Å². The van der Waals surface area contributed by atoms with Crippen LogP contribution >= 0.6 is 25.0 Å². The first-order valence-electron chi connectivity index (χ1n) is 3.24. The van der Waals surface area contributed by atoms with Crippen molar-refractivity contribution in [3.05, 3.63) is 0 Å². The molecule has 2 N–H and O–H groups in total. The molecule has 0 aromatic heterocycles. The molecular weight excluding hydrogens is 154 g/mol. The maximum atomic E-state index is 5.70. The lowest BCUT2D eigenvalue weighted by molar-refractivity contribution is 0.455. The molecule has 0 heterocycles. The Morgan fingerprint density at radius 3 is 2.11 bits per heavy atom. The first-order valence-corrected chi connectivity index (χ1v) is 3.76. The van der Waals surface area contributed by atoms with E-state index in [-0.39, 0.29) is 12.4 Å². The molecule has 1 aliphatic carbocycles. The van der Waals surface area contributed by atoms with Crippen molar-refractivity contribution < 1.29 is 0 Å². The van der Waals surface area contributed by atoms with Gasteiger partial charge in [-0.25, -0.2) is 0 Å². The fraction of sp³-hybridized carbons (Fsp3) is 1.00. The van der Waals surface area contributed by atoms with Gasteiger partial charge < -0.3 is 5.73 Å². The van der Waals surface area contributed by atoms with Crippen molar-refractivity contribution in [2.75, 3.05) is 0 Å². The normalized spacial score (nSPS) is 35.3. The largest absolute Gasteiger partial charge is 0.327 e. The maximum Gasteiger partial charge on any atom is 0.0168 e. The van der Waals surface area contributed by atoms with Crippen LogP contribution in [0.2, 0.25) is 0 Å². The van der Waals surface area contributed by atoms with Crippen LogP contribution in [0.4, 0.5) is 0 Å². The quantitative estimate of drug-likeness (QED) is 0.527. The third kappa shape index (κ3) is 2.78. The second-order valence-electron chi connectivity index (χ2n) is 2.52. The minimum Gasteiger partial charge on any atom is -0.327 e. The summed E-state index contributed by atoms with van der Waals surface area (Å²) in [5.74, 6) is 0. The zero-order valence-corrected chi connectivity index (χ0v) is 7.13. The average Bonchev–Trinajstić information content (AvgIpc) is 1.77. The zero-order valence-electron chi connectivity index (χ0n) is 5.42. The van der Waals surface area contributed by atoms with E-state index >= 15 is 0 Å². The smallest absolute Gasteiger partial charge is 0.0168 e. The second-order valence-corrected chi connectivity index (χ2v) is 3.18. The highest BCUT2D eigenvalue weighted by molar-refractivity contribution is 7.81. The molecule has 56 valence electrons. The van der Waals surface area contributed by atoms with Gasteiger partial charge in [0.1, 0.15) is 0 Å². The van der Waals surface area contributed by atoms with Crippen LogP contribution in [0.15, 0.2) is 0 Å². The molecule has 0 bridgehead atoms. The number of thiol groups is 1. The highest BCUT2D eigenvalue weighted by Crippen LogP contribution is 2.20. The van der Waals surface area contributed by atoms with Crippen LogP contribution in [0.25, 0.3) is 0 Å². The van der Waals surface area contributed by atoms with Gasteiger partial charge >= 0.3 is 0 Å². The molecule has 0 radical (unpaired) electrons. The number of hydrogen-bond acceptors (Lipinski definition) is 2. The van der Waals surface area contributed by atoms with Crippen LogP contribution in [-0.4, -0.2) is 11.3 Å². The fourth-order valence-corrected chi connectivity index (χ4v) is 1.47. The number of hydrogen-bond donors (Lipinski definition) is 2. The van der Waals surface area contributed by atoms with Gasteiger partial charge in [0.15, 0.2) is 0 Å². The number of rotatable bonds is 0. The molecule has 9 heavy (non-hydrogen) atoms. The highest BCUT2D eigenvalue weighted by atomic mass is 35.5. The summed E-state index contributed by atoms with van der Waals surface area (Å²) in [4.78, 5) is 0. The van der Waals surface area contributed by atoms with Crippen LogP contribution in [0, 0.1) is 0 Å². The first-order chi connectivity index (χ1) is 3.80. The zero-order chi connectivity index (χ0) is 5.98. The minimum atomic E-state index is 0. The van der Waals surface area contributed by atoms with E-state index in [0.29, 0.717) is 11.3 Å². The summed E-state index contributed by atoms with van der Waals surface area (Å²) in [7, 11) is 0. The van der Waals surface area contributed by atoms with Crippen molar-refractivity contribution in [3.8, 4) is 0 Å². The van der Waals surface area contributed by atoms with Gasteiger partial charge in [0, 0.05) is 11.3 Å². The summed E-state index contributed by atoms with van der Waals surface area (Å²) in [6.45, 7) is 0. The SMILES string of the molecule is Cl.N[C@@H]1CCCC[C@H]1S. The van der Waals surface area contributed by atoms with E-state index in [0.717, 1.165) is 0 Å². The third-order valence-corrected chi connectivity index (χ3v) is 2.42. The third-order valence-electron chi connectivity index (χ3n) is 1.78. The Kier molecular flexibility index (Phi) is 4.72. The summed E-state index contributed by atoms with van der Waals surface area (Å²) >= 11 is 4.33. The number of nitrogens with two attached hydrogens (primary N) is 1. The minimum absolute atomic E-state index is 0. The van der Waals surface area contributed by atoms with Crippen molar-refractivity contribution in [2.45, 2.75) is 37.0 Å². The molecule has 0 aromatic rings. The van der Waals surface area contributed by atoms with Gasteiger partial charge in [-0.15, -0.1) is 12.4 Å². The Hall–Kier alpha value is 0.600. The van der Waals surface area contributed by atoms with E-state index in [1.54, 1.807) is 0 Å². The van der Waals surface area contributed by atoms with E-state index in [4.69, 9.17) is 5.73 Å². The summed E-state index contributed by atoms with van der Waals surface area (Å²) in [5.41, 5.74) is 5.70. The molecule has 0 unspecified atom stereocenters. The molecule has 0 aliphatic heterocycles. The lowest BCUT2D eigenvalue weighted by Gasteiger charge is -2.23. The molecule has 1 fully saturated rings. The summed E-state index contributed by atoms with van der Waals surface area (Å²) in [6.07, 6.45) is 5.01. The summed E-state index contributed by atoms with van der Waals surface area (Å²) in [5, 5.41) is 0.476. The Labute approximate surface area is 68.2 Å². The van der Waals surface area contributed by atoms with Gasteiger partial charge in [-0.2, -0.15) is 12.6 Å². The van der Waals surface area contributed by atoms with Crippen LogP contribution in [0.3, 0.4) is 0 Å². The Balaban J connectivity index is 0.000000640. The molecule has 2 atom stereocenters. The molecular formula is C6H14ClNS. The Morgan fingerprint density at radius 1 is 1.22 bits per heavy atom. The molecule has 0 aromatic carbocycles. The van der Waals surface area contributed by atoms with Crippen molar-refractivity contribution >= 4 is 25.0 Å². The van der Waals surface area contributed by atoms with Crippen LogP contribution in [-0.2, 0) is 0 Å². The molecule has 3 heteroatoms. The van der Waals surface area contributed by atoms with Gasteiger partial charge in [0.25, 0.3) is 0 Å². The van der Waals surface area contributed by atoms with Crippen LogP contribution in [0.5, 0.6) is 0 Å². The van der Waals surface area contributed by atoms with Crippen molar-refractivity contribution in [1.29, 1.82) is 0 Å². The highest BCUT2D eigenvalue weighted by Gasteiger charge is 2.16. The van der Waals surface area contributed by atoms with Gasteiger partial charge in [-0.05, 0) is 12.8 Å². The van der Waals surface area contributed by atoms with E-state index < -0.39 is 0 Å². The fourth-order valence-electron chi connectivity index (χ4n) is 1.14. The predicted octanol–water partition coefficient (Wildman–Crippen LogP) is 1.61. The average molecular weight is 168 g/mol. The summed E-state index contributed by atoms with van der Waals surface area (Å²) in [6, 6.07) is 0.368. The van der Waals surface area contributed by atoms with Gasteiger partial charge in [0.2, 0.25) is 0 Å². The van der Waals surface area contributed by atoms with Crippen molar-refractivity contribution in [1.82, 2.24) is 0 Å². The van der Waals surface area contributed by atoms with E-state index in [9.17, 15) is 0 Å². The van der Waals surface area contributed by atoms with E-state index in [1.807, 2.05) is 0 Å². The second kappa shape index (κ2) is 4.42. The maximum absolute atomic E-state index is 5.70. The molecule has 0 amide bonds. The summed E-state index contributed by atoms with van der Waals surface area (Å²) < 4.78 is 0. The molecule has 1 aliphatic rings. The van der Waals surface area contributed by atoms with Crippen LogP contribution in [0.1, 0.15) is 25.7 Å². The standard InChI is InChI=1S/C6H13NS.ClH/c7-5-3-1-2-4-6(5)8;/h5-6,8H,1-4,7H2;1H/t5-,6-;/m1./s1. The Morgan fingerprint density at radius 2 is 1.78 bits per heavy atom. The molecule has 0 spiro atoms. The molecule has 1 rings (SSSR count). The molecule has 1 saturated carbocycles. The monoisotopic (exact) mass is 167 g/mol. The molecule has 0 saturated heterocycles.